The Kier molecular flexibility index (Phi) is 6.74. The molecule has 1 N–H and O–H groups in total. The summed E-state index contributed by atoms with van der Waals surface area (Å²) in [6.07, 6.45) is 3.75. The molecule has 1 atom stereocenters. The summed E-state index contributed by atoms with van der Waals surface area (Å²) >= 11 is 1.74. The van der Waals surface area contributed by atoms with Crippen LogP contribution in [-0.2, 0) is 6.54 Å². The fraction of sp³-hybridized carbons (Fsp3) is 0.250. The lowest BCUT2D eigenvalue weighted by Gasteiger charge is -2.36. The SMILES string of the molecule is Cl.O=[N+]([O-])c1ccc(-c2ccc(CN3CCNCC3c3cccnc3)s2)cc1. The summed E-state index contributed by atoms with van der Waals surface area (Å²) in [5, 5.41) is 14.3. The van der Waals surface area contributed by atoms with E-state index in [0.717, 1.165) is 36.6 Å². The van der Waals surface area contributed by atoms with Crippen LogP contribution in [0, 0.1) is 10.1 Å². The fourth-order valence-corrected chi connectivity index (χ4v) is 4.44. The lowest BCUT2D eigenvalue weighted by atomic mass is 10.1. The van der Waals surface area contributed by atoms with E-state index in [4.69, 9.17) is 0 Å². The molecule has 1 fully saturated rings. The summed E-state index contributed by atoms with van der Waals surface area (Å²) in [4.78, 5) is 19.6. The van der Waals surface area contributed by atoms with Gasteiger partial charge in [-0.2, -0.15) is 0 Å². The monoisotopic (exact) mass is 416 g/mol. The predicted octanol–water partition coefficient (Wildman–Crippen LogP) is 4.29. The zero-order chi connectivity index (χ0) is 18.6. The molecule has 1 saturated heterocycles. The third-order valence-electron chi connectivity index (χ3n) is 4.81. The van der Waals surface area contributed by atoms with Crippen LogP contribution in [0.5, 0.6) is 0 Å². The first kappa shape index (κ1) is 20.4. The molecule has 1 aromatic carbocycles. The van der Waals surface area contributed by atoms with Gasteiger partial charge in [0.15, 0.2) is 0 Å². The maximum Gasteiger partial charge on any atom is 0.269 e. The van der Waals surface area contributed by atoms with Crippen LogP contribution in [0.15, 0.2) is 60.9 Å². The Bertz CT molecular complexity index is 917. The molecule has 28 heavy (non-hydrogen) atoms. The summed E-state index contributed by atoms with van der Waals surface area (Å²) in [6, 6.07) is 15.4. The summed E-state index contributed by atoms with van der Waals surface area (Å²) in [7, 11) is 0. The summed E-state index contributed by atoms with van der Waals surface area (Å²) in [5.41, 5.74) is 2.37. The highest BCUT2D eigenvalue weighted by Gasteiger charge is 2.24. The molecule has 146 valence electrons. The zero-order valence-corrected chi connectivity index (χ0v) is 16.8. The minimum atomic E-state index is -0.368. The van der Waals surface area contributed by atoms with Crippen LogP contribution < -0.4 is 5.32 Å². The average molecular weight is 417 g/mol. The van der Waals surface area contributed by atoms with Gasteiger partial charge in [0.1, 0.15) is 0 Å². The lowest BCUT2D eigenvalue weighted by molar-refractivity contribution is -0.384. The van der Waals surface area contributed by atoms with E-state index in [-0.39, 0.29) is 23.0 Å². The number of hydrogen-bond acceptors (Lipinski definition) is 6. The molecule has 3 heterocycles. The first-order chi connectivity index (χ1) is 13.2. The van der Waals surface area contributed by atoms with Gasteiger partial charge >= 0.3 is 0 Å². The van der Waals surface area contributed by atoms with E-state index in [1.807, 2.05) is 24.4 Å². The van der Waals surface area contributed by atoms with Gasteiger partial charge in [-0.25, -0.2) is 0 Å². The Labute approximate surface area is 173 Å². The molecule has 4 rings (SSSR count). The number of non-ortho nitro benzene ring substituents is 1. The van der Waals surface area contributed by atoms with Crippen LogP contribution in [0.1, 0.15) is 16.5 Å². The first-order valence-corrected chi connectivity index (χ1v) is 9.70. The second-order valence-electron chi connectivity index (χ2n) is 6.55. The minimum absolute atomic E-state index is 0. The summed E-state index contributed by atoms with van der Waals surface area (Å²) < 4.78 is 0. The molecule has 0 aliphatic carbocycles. The number of rotatable bonds is 5. The van der Waals surface area contributed by atoms with Gasteiger partial charge in [0.25, 0.3) is 5.69 Å². The van der Waals surface area contributed by atoms with E-state index < -0.39 is 0 Å². The molecular weight excluding hydrogens is 396 g/mol. The Morgan fingerprint density at radius 3 is 2.75 bits per heavy atom. The molecule has 1 aliphatic heterocycles. The Balaban J connectivity index is 0.00000225. The number of aromatic nitrogens is 1. The summed E-state index contributed by atoms with van der Waals surface area (Å²) in [5.74, 6) is 0. The number of benzene rings is 1. The van der Waals surface area contributed by atoms with Crippen LogP contribution in [0.25, 0.3) is 10.4 Å². The number of hydrogen-bond donors (Lipinski definition) is 1. The van der Waals surface area contributed by atoms with Crippen molar-refractivity contribution in [3.63, 3.8) is 0 Å². The largest absolute Gasteiger partial charge is 0.314 e. The molecule has 0 amide bonds. The molecular formula is C20H21ClN4O2S. The van der Waals surface area contributed by atoms with Gasteiger partial charge in [-0.15, -0.1) is 23.7 Å². The molecule has 0 radical (unpaired) electrons. The maximum absolute atomic E-state index is 10.8. The first-order valence-electron chi connectivity index (χ1n) is 8.89. The third kappa shape index (κ3) is 4.56. The predicted molar refractivity (Wildman–Crippen MR) is 114 cm³/mol. The zero-order valence-electron chi connectivity index (χ0n) is 15.2. The number of nitrogens with zero attached hydrogens (tertiary/aromatic N) is 3. The molecule has 0 spiro atoms. The van der Waals surface area contributed by atoms with Crippen LogP contribution in [0.2, 0.25) is 0 Å². The number of piperazine rings is 1. The van der Waals surface area contributed by atoms with Gasteiger partial charge in [-0.3, -0.25) is 20.0 Å². The normalized spacial score (nSPS) is 17.1. The van der Waals surface area contributed by atoms with Crippen LogP contribution in [0.4, 0.5) is 5.69 Å². The van der Waals surface area contributed by atoms with Crippen molar-refractivity contribution in [1.29, 1.82) is 0 Å². The van der Waals surface area contributed by atoms with Gasteiger partial charge < -0.3 is 5.32 Å². The van der Waals surface area contributed by atoms with E-state index in [9.17, 15) is 10.1 Å². The van der Waals surface area contributed by atoms with E-state index in [1.165, 1.54) is 10.4 Å². The lowest BCUT2D eigenvalue weighted by Crippen LogP contribution is -2.45. The van der Waals surface area contributed by atoms with Crippen molar-refractivity contribution in [2.24, 2.45) is 0 Å². The standard InChI is InChI=1S/C20H20N4O2S.ClH/c25-24(26)17-5-3-15(4-6-17)20-8-7-18(27-20)14-23-11-10-22-13-19(23)16-2-1-9-21-12-16;/h1-9,12,19,22H,10-11,13-14H2;1H. The molecule has 3 aromatic rings. The van der Waals surface area contributed by atoms with Crippen molar-refractivity contribution in [3.8, 4) is 10.4 Å². The highest BCUT2D eigenvalue weighted by Crippen LogP contribution is 2.32. The van der Waals surface area contributed by atoms with Crippen molar-refractivity contribution in [2.75, 3.05) is 19.6 Å². The van der Waals surface area contributed by atoms with Crippen molar-refractivity contribution < 1.29 is 4.92 Å². The number of nitro groups is 1. The van der Waals surface area contributed by atoms with Crippen molar-refractivity contribution >= 4 is 29.4 Å². The van der Waals surface area contributed by atoms with Crippen molar-refractivity contribution in [3.05, 3.63) is 81.5 Å². The highest BCUT2D eigenvalue weighted by molar-refractivity contribution is 7.15. The molecule has 6 nitrogen and oxygen atoms in total. The summed E-state index contributed by atoms with van der Waals surface area (Å²) in [6.45, 7) is 3.78. The minimum Gasteiger partial charge on any atom is -0.314 e. The third-order valence-corrected chi connectivity index (χ3v) is 5.93. The van der Waals surface area contributed by atoms with E-state index in [2.05, 4.69) is 33.4 Å². The van der Waals surface area contributed by atoms with Gasteiger partial charge in [0.05, 0.1) is 4.92 Å². The molecule has 1 aliphatic rings. The number of pyridine rings is 1. The maximum atomic E-state index is 10.8. The van der Waals surface area contributed by atoms with Crippen molar-refractivity contribution in [2.45, 2.75) is 12.6 Å². The fourth-order valence-electron chi connectivity index (χ4n) is 3.40. The Hall–Kier alpha value is -2.32. The molecule has 1 unspecified atom stereocenters. The number of nitrogens with one attached hydrogen (secondary N) is 1. The topological polar surface area (TPSA) is 71.3 Å². The number of nitro benzene ring substituents is 1. The van der Waals surface area contributed by atoms with Gasteiger partial charge in [-0.05, 0) is 41.5 Å². The smallest absolute Gasteiger partial charge is 0.269 e. The Morgan fingerprint density at radius 2 is 2.04 bits per heavy atom. The van der Waals surface area contributed by atoms with Crippen molar-refractivity contribution in [1.82, 2.24) is 15.2 Å². The molecule has 0 saturated carbocycles. The second-order valence-corrected chi connectivity index (χ2v) is 7.72. The molecule has 8 heteroatoms. The van der Waals surface area contributed by atoms with Gasteiger partial charge in [0, 0.05) is 66.5 Å². The van der Waals surface area contributed by atoms with E-state index in [1.54, 1.807) is 29.7 Å². The number of thiophene rings is 1. The average Bonchev–Trinajstić information content (AvgIpc) is 3.18. The van der Waals surface area contributed by atoms with Crippen LogP contribution in [0.3, 0.4) is 0 Å². The molecule has 2 aromatic heterocycles. The highest BCUT2D eigenvalue weighted by atomic mass is 35.5. The quantitative estimate of drug-likeness (QED) is 0.496. The second kappa shape index (κ2) is 9.25. The van der Waals surface area contributed by atoms with Crippen LogP contribution >= 0.6 is 23.7 Å². The van der Waals surface area contributed by atoms with Gasteiger partial charge in [-0.1, -0.05) is 6.07 Å². The van der Waals surface area contributed by atoms with E-state index in [0.29, 0.717) is 6.04 Å². The van der Waals surface area contributed by atoms with E-state index >= 15 is 0 Å². The molecule has 0 bridgehead atoms. The van der Waals surface area contributed by atoms with Gasteiger partial charge in [0.2, 0.25) is 0 Å². The van der Waals surface area contributed by atoms with Crippen LogP contribution in [-0.4, -0.2) is 34.4 Å². The Morgan fingerprint density at radius 1 is 1.21 bits per heavy atom. The number of halogens is 1.